The van der Waals surface area contributed by atoms with Crippen LogP contribution in [0.5, 0.6) is 0 Å². The minimum Gasteiger partial charge on any atom is -0.104 e. The second-order valence-electron chi connectivity index (χ2n) is 0.781. The lowest BCUT2D eigenvalue weighted by atomic mass is 11.8. The Kier molecular flexibility index (Phi) is 2.45. The summed E-state index contributed by atoms with van der Waals surface area (Å²) in [5.74, 6) is 0. The molecule has 0 aromatic rings. The van der Waals surface area contributed by atoms with Gasteiger partial charge in [0.15, 0.2) is 0 Å². The van der Waals surface area contributed by atoms with Crippen molar-refractivity contribution in [3.8, 4) is 0 Å². The zero-order chi connectivity index (χ0) is 4.50. The van der Waals surface area contributed by atoms with E-state index in [1.54, 1.807) is 0 Å². The molecule has 0 spiro atoms. The van der Waals surface area contributed by atoms with E-state index in [2.05, 4.69) is 0 Å². The first-order valence-corrected chi connectivity index (χ1v) is 3.20. The highest BCUT2D eigenvalue weighted by atomic mass is 35.6. The molecule has 0 saturated carbocycles. The molecule has 0 heterocycles. The van der Waals surface area contributed by atoms with Gasteiger partial charge in [0.1, 0.15) is 2.65 Å². The molecule has 4 heteroatoms. The zero-order valence-electron chi connectivity index (χ0n) is 2.63. The molecule has 0 aliphatic heterocycles. The molecular weight excluding hydrogens is 145 g/mol. The smallest absolute Gasteiger partial charge is 0.104 e. The molecule has 0 aromatic heterocycles. The van der Waals surface area contributed by atoms with Gasteiger partial charge in [0.25, 0.3) is 16.3 Å². The van der Waals surface area contributed by atoms with Crippen LogP contribution < -0.4 is 0 Å². The van der Waals surface area contributed by atoms with Gasteiger partial charge in [0.2, 0.25) is 0 Å². The van der Waals surface area contributed by atoms with Crippen LogP contribution in [0, 0.1) is 0 Å². The Hall–Kier alpha value is 1.40. The van der Waals surface area contributed by atoms with Crippen LogP contribution in [0.2, 0.25) is 0 Å². The maximum atomic E-state index is 5.12. The molecular formula is CH2AlCl3. The number of alkyl halides is 3. The van der Waals surface area contributed by atoms with E-state index in [1.807, 2.05) is 0 Å². The molecule has 0 nitrogen and oxygen atoms in total. The molecule has 0 aliphatic carbocycles. The third-order valence-corrected chi connectivity index (χ3v) is 0. The Bertz CT molecular complexity index is 22.4. The van der Waals surface area contributed by atoms with Gasteiger partial charge in [0, 0.05) is 0 Å². The van der Waals surface area contributed by atoms with Crippen LogP contribution >= 0.6 is 34.8 Å². The van der Waals surface area contributed by atoms with E-state index in [9.17, 15) is 0 Å². The van der Waals surface area contributed by atoms with E-state index in [-0.39, 0.29) is 0 Å². The van der Waals surface area contributed by atoms with Crippen molar-refractivity contribution in [2.24, 2.45) is 0 Å². The Morgan fingerprint density at radius 3 is 1.20 bits per heavy atom. The number of hydrogen-bond acceptors (Lipinski definition) is 0. The molecule has 0 aliphatic rings. The maximum absolute atomic E-state index is 5.12. The minimum atomic E-state index is -0.944. The summed E-state index contributed by atoms with van der Waals surface area (Å²) in [5.41, 5.74) is 0. The van der Waals surface area contributed by atoms with Gasteiger partial charge in [-0.15, -0.1) is 34.8 Å². The standard InChI is InChI=1S/CCl3.Al.2H/c2-1(3)4;;;. The first kappa shape index (κ1) is 6.40. The molecule has 30 valence electrons. The van der Waals surface area contributed by atoms with Crippen LogP contribution in [-0.2, 0) is 0 Å². The van der Waals surface area contributed by atoms with E-state index in [0.29, 0.717) is 16.3 Å². The van der Waals surface area contributed by atoms with Crippen molar-refractivity contribution in [2.75, 3.05) is 0 Å². The van der Waals surface area contributed by atoms with Gasteiger partial charge in [-0.2, -0.15) is 0 Å². The van der Waals surface area contributed by atoms with E-state index in [4.69, 9.17) is 34.8 Å². The Labute approximate surface area is 53.8 Å². The molecule has 0 unspecified atom stereocenters. The zero-order valence-corrected chi connectivity index (χ0v) is 6.90. The highest BCUT2D eigenvalue weighted by Gasteiger charge is 2.07. The molecule has 0 N–H and O–H groups in total. The quantitative estimate of drug-likeness (QED) is 0.353. The van der Waals surface area contributed by atoms with E-state index < -0.39 is 2.65 Å². The van der Waals surface area contributed by atoms with E-state index >= 15 is 0 Å². The van der Waals surface area contributed by atoms with Crippen molar-refractivity contribution in [2.45, 2.75) is 2.65 Å². The molecule has 5 heavy (non-hydrogen) atoms. The van der Waals surface area contributed by atoms with Crippen LogP contribution in [0.15, 0.2) is 0 Å². The maximum Gasteiger partial charge on any atom is 0.296 e. The molecule has 0 rings (SSSR count). The van der Waals surface area contributed by atoms with Gasteiger partial charge in [0.05, 0.1) is 0 Å². The SMILES string of the molecule is [AlH2][C](Cl)(Cl)Cl. The van der Waals surface area contributed by atoms with Crippen LogP contribution in [-0.4, -0.2) is 18.9 Å². The fraction of sp³-hybridized carbons (Fsp3) is 1.00. The third kappa shape index (κ3) is 31.8. The van der Waals surface area contributed by atoms with Gasteiger partial charge < -0.3 is 0 Å². The van der Waals surface area contributed by atoms with Crippen molar-refractivity contribution in [1.82, 2.24) is 0 Å². The summed E-state index contributed by atoms with van der Waals surface area (Å²) in [6, 6.07) is 0. The molecule has 0 aromatic carbocycles. The van der Waals surface area contributed by atoms with Crippen LogP contribution in [0.4, 0.5) is 0 Å². The first-order valence-electron chi connectivity index (χ1n) is 1.07. The predicted octanol–water partition coefficient (Wildman–Crippen LogP) is 0.947. The van der Waals surface area contributed by atoms with Gasteiger partial charge in [-0.25, -0.2) is 0 Å². The highest BCUT2D eigenvalue weighted by molar-refractivity contribution is 6.81. The average molecular weight is 147 g/mol. The fourth-order valence-electron chi connectivity index (χ4n) is 0. The second kappa shape index (κ2) is 1.91. The van der Waals surface area contributed by atoms with Gasteiger partial charge in [-0.05, 0) is 0 Å². The first-order chi connectivity index (χ1) is 2.00. The summed E-state index contributed by atoms with van der Waals surface area (Å²) in [5, 5.41) is 0. The minimum absolute atomic E-state index is 0.604. The summed E-state index contributed by atoms with van der Waals surface area (Å²) < 4.78 is -0.944. The average Bonchev–Trinajstić information content (AvgIpc) is 0.722. The predicted molar refractivity (Wildman–Crippen MR) is 28.8 cm³/mol. The largest absolute Gasteiger partial charge is 0.296 e. The van der Waals surface area contributed by atoms with E-state index in [0.717, 1.165) is 0 Å². The summed E-state index contributed by atoms with van der Waals surface area (Å²) in [6.07, 6.45) is 0. The Balaban J connectivity index is 3.02. The molecule has 0 amide bonds. The molecule has 0 bridgehead atoms. The van der Waals surface area contributed by atoms with Crippen LogP contribution in [0.3, 0.4) is 0 Å². The molecule has 0 atom stereocenters. The van der Waals surface area contributed by atoms with Crippen LogP contribution in [0.25, 0.3) is 0 Å². The Morgan fingerprint density at radius 1 is 1.20 bits per heavy atom. The van der Waals surface area contributed by atoms with Gasteiger partial charge in [-0.3, -0.25) is 0 Å². The lowest BCUT2D eigenvalue weighted by molar-refractivity contribution is 1.75. The van der Waals surface area contributed by atoms with Crippen molar-refractivity contribution in [1.29, 1.82) is 0 Å². The van der Waals surface area contributed by atoms with Crippen molar-refractivity contribution in [3.63, 3.8) is 0 Å². The second-order valence-corrected chi connectivity index (χ2v) is 7.03. The van der Waals surface area contributed by atoms with Gasteiger partial charge >= 0.3 is 0 Å². The number of hydrogen-bond donors (Lipinski definition) is 0. The number of halogens is 3. The topological polar surface area (TPSA) is 0 Å². The summed E-state index contributed by atoms with van der Waals surface area (Å²) in [6.45, 7) is 0. The Morgan fingerprint density at radius 2 is 1.20 bits per heavy atom. The van der Waals surface area contributed by atoms with Gasteiger partial charge in [-0.1, -0.05) is 0 Å². The van der Waals surface area contributed by atoms with Crippen molar-refractivity contribution >= 4 is 51.1 Å². The molecule has 0 radical (unpaired) electrons. The summed E-state index contributed by atoms with van der Waals surface area (Å²) in [7, 11) is 0. The van der Waals surface area contributed by atoms with E-state index in [1.165, 1.54) is 0 Å². The highest BCUT2D eigenvalue weighted by Crippen LogP contribution is 2.19. The fourth-order valence-corrected chi connectivity index (χ4v) is 0. The lowest BCUT2D eigenvalue weighted by Crippen LogP contribution is -1.96. The van der Waals surface area contributed by atoms with Crippen molar-refractivity contribution < 1.29 is 0 Å². The third-order valence-electron chi connectivity index (χ3n) is 0. The molecule has 0 fully saturated rings. The summed E-state index contributed by atoms with van der Waals surface area (Å²) >= 11 is 16.0. The van der Waals surface area contributed by atoms with Crippen LogP contribution in [0.1, 0.15) is 0 Å². The van der Waals surface area contributed by atoms with Crippen molar-refractivity contribution in [3.05, 3.63) is 0 Å². The monoisotopic (exact) mass is 146 g/mol. The lowest BCUT2D eigenvalue weighted by Gasteiger charge is -1.95. The molecule has 0 saturated heterocycles. The number of rotatable bonds is 0. The summed E-state index contributed by atoms with van der Waals surface area (Å²) in [4.78, 5) is 0. The normalized spacial score (nSPS) is 11.8.